The van der Waals surface area contributed by atoms with Crippen molar-refractivity contribution in [2.45, 2.75) is 25.9 Å². The lowest BCUT2D eigenvalue weighted by molar-refractivity contribution is -0.0250. The van der Waals surface area contributed by atoms with Crippen LogP contribution in [0.4, 0.5) is 4.39 Å². The van der Waals surface area contributed by atoms with Crippen LogP contribution in [0.2, 0.25) is 0 Å². The molecule has 2 atom stereocenters. The third kappa shape index (κ3) is 2.57. The fraction of sp³-hybridized carbons (Fsp3) is 0.462. The standard InChI is InChI=1S/C13H15BrFNO2/c1-8-6-18-7-9(2)16(8)13(17)11-5-10(15)3-4-12(11)14/h3-5,8-9H,6-7H2,1-2H3/t8-,9-/m1/s1. The second-order valence-electron chi connectivity index (χ2n) is 4.57. The summed E-state index contributed by atoms with van der Waals surface area (Å²) in [5.41, 5.74) is 0.357. The van der Waals surface area contributed by atoms with Crippen LogP contribution >= 0.6 is 15.9 Å². The average Bonchev–Trinajstić information content (AvgIpc) is 2.32. The van der Waals surface area contributed by atoms with Gasteiger partial charge < -0.3 is 9.64 Å². The number of amides is 1. The minimum Gasteiger partial charge on any atom is -0.377 e. The van der Waals surface area contributed by atoms with Crippen LogP contribution in [-0.2, 0) is 4.74 Å². The average molecular weight is 316 g/mol. The highest BCUT2D eigenvalue weighted by Gasteiger charge is 2.31. The van der Waals surface area contributed by atoms with Crippen molar-refractivity contribution in [3.05, 3.63) is 34.1 Å². The summed E-state index contributed by atoms with van der Waals surface area (Å²) in [6, 6.07) is 4.14. The lowest BCUT2D eigenvalue weighted by atomic mass is 10.1. The Morgan fingerprint density at radius 3 is 2.61 bits per heavy atom. The van der Waals surface area contributed by atoms with E-state index in [2.05, 4.69) is 15.9 Å². The molecule has 1 saturated heterocycles. The first-order chi connectivity index (χ1) is 8.50. The molecule has 0 radical (unpaired) electrons. The van der Waals surface area contributed by atoms with Gasteiger partial charge in [0.15, 0.2) is 0 Å². The van der Waals surface area contributed by atoms with Gasteiger partial charge in [0.2, 0.25) is 0 Å². The molecule has 1 aliphatic heterocycles. The van der Waals surface area contributed by atoms with Gasteiger partial charge in [-0.3, -0.25) is 4.79 Å². The number of morpholine rings is 1. The molecule has 1 aromatic carbocycles. The maximum absolute atomic E-state index is 13.3. The number of hydrogen-bond acceptors (Lipinski definition) is 2. The van der Waals surface area contributed by atoms with Crippen molar-refractivity contribution in [2.75, 3.05) is 13.2 Å². The number of nitrogens with zero attached hydrogens (tertiary/aromatic N) is 1. The molecule has 0 bridgehead atoms. The van der Waals surface area contributed by atoms with Gasteiger partial charge in [0, 0.05) is 4.47 Å². The Morgan fingerprint density at radius 2 is 2.00 bits per heavy atom. The smallest absolute Gasteiger partial charge is 0.255 e. The quantitative estimate of drug-likeness (QED) is 0.797. The van der Waals surface area contributed by atoms with E-state index in [0.29, 0.717) is 23.2 Å². The van der Waals surface area contributed by atoms with Crippen LogP contribution in [0.25, 0.3) is 0 Å². The fourth-order valence-corrected chi connectivity index (χ4v) is 2.62. The molecule has 5 heteroatoms. The monoisotopic (exact) mass is 315 g/mol. The molecule has 1 amide bonds. The van der Waals surface area contributed by atoms with Gasteiger partial charge in [-0.1, -0.05) is 0 Å². The van der Waals surface area contributed by atoms with Crippen LogP contribution in [0.15, 0.2) is 22.7 Å². The summed E-state index contributed by atoms with van der Waals surface area (Å²) < 4.78 is 19.2. The molecule has 98 valence electrons. The van der Waals surface area contributed by atoms with Crippen molar-refractivity contribution in [2.24, 2.45) is 0 Å². The van der Waals surface area contributed by atoms with E-state index in [4.69, 9.17) is 4.74 Å². The molecule has 0 aliphatic carbocycles. The Bertz CT molecular complexity index is 456. The van der Waals surface area contributed by atoms with Crippen LogP contribution in [0.3, 0.4) is 0 Å². The maximum Gasteiger partial charge on any atom is 0.255 e. The number of carbonyl (C=O) groups is 1. The van der Waals surface area contributed by atoms with Gasteiger partial charge >= 0.3 is 0 Å². The Kier molecular flexibility index (Phi) is 4.02. The zero-order valence-corrected chi connectivity index (χ0v) is 11.9. The van der Waals surface area contributed by atoms with Crippen molar-refractivity contribution in [1.82, 2.24) is 4.90 Å². The van der Waals surface area contributed by atoms with Gasteiger partial charge in [0.25, 0.3) is 5.91 Å². The van der Waals surface area contributed by atoms with Gasteiger partial charge in [-0.15, -0.1) is 0 Å². The topological polar surface area (TPSA) is 29.5 Å². The zero-order chi connectivity index (χ0) is 13.3. The third-order valence-corrected chi connectivity index (χ3v) is 3.75. The largest absolute Gasteiger partial charge is 0.377 e. The number of carbonyl (C=O) groups excluding carboxylic acids is 1. The zero-order valence-electron chi connectivity index (χ0n) is 10.3. The highest BCUT2D eigenvalue weighted by molar-refractivity contribution is 9.10. The van der Waals surface area contributed by atoms with Crippen LogP contribution in [-0.4, -0.2) is 36.1 Å². The van der Waals surface area contributed by atoms with Gasteiger partial charge in [-0.2, -0.15) is 0 Å². The van der Waals surface area contributed by atoms with Crippen LogP contribution in [0, 0.1) is 5.82 Å². The van der Waals surface area contributed by atoms with Crippen molar-refractivity contribution in [3.63, 3.8) is 0 Å². The number of hydrogen-bond donors (Lipinski definition) is 0. The molecular formula is C13H15BrFNO2. The minimum atomic E-state index is -0.407. The fourth-order valence-electron chi connectivity index (χ4n) is 2.20. The number of rotatable bonds is 1. The van der Waals surface area contributed by atoms with Gasteiger partial charge in [0.1, 0.15) is 5.82 Å². The minimum absolute atomic E-state index is 0.00332. The summed E-state index contributed by atoms with van der Waals surface area (Å²) in [5, 5.41) is 0. The van der Waals surface area contributed by atoms with Gasteiger partial charge in [0.05, 0.1) is 30.9 Å². The Labute approximate surface area is 114 Å². The second-order valence-corrected chi connectivity index (χ2v) is 5.43. The number of ether oxygens (including phenoxy) is 1. The molecule has 18 heavy (non-hydrogen) atoms. The van der Waals surface area contributed by atoms with Crippen molar-refractivity contribution in [3.8, 4) is 0 Å². The number of halogens is 2. The Balaban J connectivity index is 2.32. The number of benzene rings is 1. The van der Waals surface area contributed by atoms with Gasteiger partial charge in [-0.25, -0.2) is 4.39 Å². The predicted octanol–water partition coefficient (Wildman–Crippen LogP) is 2.84. The summed E-state index contributed by atoms with van der Waals surface area (Å²) in [6.07, 6.45) is 0. The second kappa shape index (κ2) is 5.36. The molecular weight excluding hydrogens is 301 g/mol. The first kappa shape index (κ1) is 13.5. The third-order valence-electron chi connectivity index (χ3n) is 3.06. The highest BCUT2D eigenvalue weighted by Crippen LogP contribution is 2.23. The summed E-state index contributed by atoms with van der Waals surface area (Å²) in [6.45, 7) is 4.90. The van der Waals surface area contributed by atoms with Crippen molar-refractivity contribution >= 4 is 21.8 Å². The van der Waals surface area contributed by atoms with Crippen LogP contribution in [0.1, 0.15) is 24.2 Å². The highest BCUT2D eigenvalue weighted by atomic mass is 79.9. The van der Waals surface area contributed by atoms with Crippen molar-refractivity contribution in [1.29, 1.82) is 0 Å². The molecule has 0 spiro atoms. The lowest BCUT2D eigenvalue weighted by Crippen LogP contribution is -2.52. The molecule has 1 heterocycles. The maximum atomic E-state index is 13.3. The lowest BCUT2D eigenvalue weighted by Gasteiger charge is -2.39. The Morgan fingerprint density at radius 1 is 1.39 bits per heavy atom. The van der Waals surface area contributed by atoms with E-state index in [1.807, 2.05) is 13.8 Å². The van der Waals surface area contributed by atoms with Crippen LogP contribution < -0.4 is 0 Å². The van der Waals surface area contributed by atoms with Crippen LogP contribution in [0.5, 0.6) is 0 Å². The summed E-state index contributed by atoms with van der Waals surface area (Å²) in [5.74, 6) is -0.570. The molecule has 3 nitrogen and oxygen atoms in total. The first-order valence-corrected chi connectivity index (χ1v) is 6.65. The van der Waals surface area contributed by atoms with Crippen molar-refractivity contribution < 1.29 is 13.9 Å². The summed E-state index contributed by atoms with van der Waals surface area (Å²) in [7, 11) is 0. The van der Waals surface area contributed by atoms with Gasteiger partial charge in [-0.05, 0) is 48.0 Å². The molecule has 0 N–H and O–H groups in total. The van der Waals surface area contributed by atoms with E-state index in [0.717, 1.165) is 0 Å². The predicted molar refractivity (Wildman–Crippen MR) is 70.0 cm³/mol. The molecule has 2 rings (SSSR count). The first-order valence-electron chi connectivity index (χ1n) is 5.86. The molecule has 1 aromatic rings. The SMILES string of the molecule is C[C@@H]1COC[C@@H](C)N1C(=O)c1cc(F)ccc1Br. The summed E-state index contributed by atoms with van der Waals surface area (Å²) in [4.78, 5) is 14.2. The van der Waals surface area contributed by atoms with E-state index < -0.39 is 5.82 Å². The Hall–Kier alpha value is -0.940. The van der Waals surface area contributed by atoms with E-state index in [1.54, 1.807) is 11.0 Å². The molecule has 0 unspecified atom stereocenters. The van der Waals surface area contributed by atoms with E-state index in [1.165, 1.54) is 12.1 Å². The van der Waals surface area contributed by atoms with E-state index >= 15 is 0 Å². The summed E-state index contributed by atoms with van der Waals surface area (Å²) >= 11 is 3.29. The van der Waals surface area contributed by atoms with E-state index in [-0.39, 0.29) is 18.0 Å². The molecule has 1 fully saturated rings. The normalized spacial score (nSPS) is 24.1. The molecule has 1 aliphatic rings. The van der Waals surface area contributed by atoms with E-state index in [9.17, 15) is 9.18 Å². The molecule has 0 saturated carbocycles. The molecule has 0 aromatic heterocycles.